The van der Waals surface area contributed by atoms with Crippen LogP contribution in [0.25, 0.3) is 33.4 Å². The van der Waals surface area contributed by atoms with Crippen LogP contribution in [0, 0.1) is 11.8 Å². The molecular weight excluding hydrogens is 639 g/mol. The van der Waals surface area contributed by atoms with Crippen molar-refractivity contribution in [2.24, 2.45) is 11.8 Å². The predicted octanol–water partition coefficient (Wildman–Crippen LogP) is 14.7. The van der Waals surface area contributed by atoms with Gasteiger partial charge in [0.15, 0.2) is 0 Å². The molecule has 0 radical (unpaired) electrons. The molecule has 6 aromatic rings. The minimum atomic E-state index is -0.156. The van der Waals surface area contributed by atoms with Gasteiger partial charge in [0, 0.05) is 22.4 Å². The molecule has 3 atom stereocenters. The number of benzene rings is 6. The van der Waals surface area contributed by atoms with Crippen LogP contribution in [0.15, 0.2) is 140 Å². The van der Waals surface area contributed by atoms with Crippen LogP contribution >= 0.6 is 0 Å². The van der Waals surface area contributed by atoms with Crippen LogP contribution < -0.4 is 4.90 Å². The highest BCUT2D eigenvalue weighted by molar-refractivity contribution is 5.97. The van der Waals surface area contributed by atoms with E-state index in [-0.39, 0.29) is 5.41 Å². The Hall–Kier alpha value is -4.88. The van der Waals surface area contributed by atoms with Gasteiger partial charge < -0.3 is 4.90 Å². The summed E-state index contributed by atoms with van der Waals surface area (Å²) in [5, 5.41) is 0. The third-order valence-corrected chi connectivity index (χ3v) is 13.7. The molecule has 1 nitrogen and oxygen atoms in total. The highest BCUT2D eigenvalue weighted by Gasteiger charge is 2.41. The summed E-state index contributed by atoms with van der Waals surface area (Å²) in [5.74, 6) is 3.19. The average Bonchev–Trinajstić information content (AvgIpc) is 3.92. The van der Waals surface area contributed by atoms with Crippen LogP contribution in [-0.4, -0.2) is 0 Å². The second kappa shape index (κ2) is 13.2. The molecule has 1 heteroatoms. The standard InChI is InChI=1S/C52H51N/c1-52(2)48-19-10-9-18-45(48)46-30-31-49(50(51(46)52)40-24-22-38(23-25-40)36-12-5-3-6-13-36)53(44-17-11-16-41(34-44)37-14-7-4-8-15-37)43-28-26-39(27-29-43)47-33-35-20-21-42(47)32-35/h3,5-6,9-13,16-19,22-31,34-35,37,42,47H,4,7-8,14-15,20-21,32-33H2,1-2H3. The van der Waals surface area contributed by atoms with Gasteiger partial charge in [-0.3, -0.25) is 0 Å². The first kappa shape index (κ1) is 32.7. The highest BCUT2D eigenvalue weighted by atomic mass is 15.1. The normalized spacial score (nSPS) is 21.4. The summed E-state index contributed by atoms with van der Waals surface area (Å²) in [4.78, 5) is 2.59. The molecule has 0 amide bonds. The van der Waals surface area contributed by atoms with E-state index in [4.69, 9.17) is 0 Å². The fourth-order valence-electron chi connectivity index (χ4n) is 11.1. The Bertz CT molecular complexity index is 2250. The van der Waals surface area contributed by atoms with Gasteiger partial charge in [-0.05, 0) is 136 Å². The minimum absolute atomic E-state index is 0.156. The maximum absolute atomic E-state index is 2.59. The monoisotopic (exact) mass is 689 g/mol. The summed E-state index contributed by atoms with van der Waals surface area (Å²) in [6.45, 7) is 4.86. The SMILES string of the molecule is CC1(C)c2ccccc2-c2ccc(N(c3ccc(C4CC5CCC4C5)cc3)c3cccc(C4CCCCC4)c3)c(-c3ccc(-c4ccccc4)cc3)c21. The molecule has 3 saturated carbocycles. The lowest BCUT2D eigenvalue weighted by atomic mass is 9.78. The maximum Gasteiger partial charge on any atom is 0.0543 e. The van der Waals surface area contributed by atoms with E-state index in [1.165, 1.54) is 125 Å². The van der Waals surface area contributed by atoms with Crippen molar-refractivity contribution < 1.29 is 0 Å². The smallest absolute Gasteiger partial charge is 0.0543 e. The molecule has 3 fully saturated rings. The van der Waals surface area contributed by atoms with E-state index in [1.54, 1.807) is 5.56 Å². The van der Waals surface area contributed by atoms with Crippen molar-refractivity contribution in [3.63, 3.8) is 0 Å². The third kappa shape index (κ3) is 5.67. The maximum atomic E-state index is 2.59. The predicted molar refractivity (Wildman–Crippen MR) is 224 cm³/mol. The van der Waals surface area contributed by atoms with Crippen LogP contribution in [0.3, 0.4) is 0 Å². The zero-order chi connectivity index (χ0) is 35.5. The van der Waals surface area contributed by atoms with Gasteiger partial charge in [0.25, 0.3) is 0 Å². The molecule has 0 aliphatic heterocycles. The van der Waals surface area contributed by atoms with Gasteiger partial charge in [0.1, 0.15) is 0 Å². The van der Waals surface area contributed by atoms with Gasteiger partial charge >= 0.3 is 0 Å². The number of hydrogen-bond donors (Lipinski definition) is 0. The molecule has 0 saturated heterocycles. The van der Waals surface area contributed by atoms with Crippen LogP contribution in [0.5, 0.6) is 0 Å². The van der Waals surface area contributed by atoms with E-state index in [9.17, 15) is 0 Å². The second-order valence-electron chi connectivity index (χ2n) is 17.1. The Morgan fingerprint density at radius 1 is 0.528 bits per heavy atom. The number of anilines is 3. The van der Waals surface area contributed by atoms with Crippen LogP contribution in [0.4, 0.5) is 17.1 Å². The topological polar surface area (TPSA) is 3.24 Å². The van der Waals surface area contributed by atoms with E-state index < -0.39 is 0 Å². The van der Waals surface area contributed by atoms with Gasteiger partial charge in [-0.15, -0.1) is 0 Å². The van der Waals surface area contributed by atoms with E-state index in [2.05, 4.69) is 158 Å². The summed E-state index contributed by atoms with van der Waals surface area (Å²) >= 11 is 0. The zero-order valence-electron chi connectivity index (χ0n) is 31.4. The fraction of sp³-hybridized carbons (Fsp3) is 0.308. The van der Waals surface area contributed by atoms with Crippen molar-refractivity contribution >= 4 is 17.1 Å². The summed E-state index contributed by atoms with van der Waals surface area (Å²) in [7, 11) is 0. The van der Waals surface area contributed by atoms with Gasteiger partial charge in [-0.1, -0.05) is 149 Å². The molecule has 0 N–H and O–H groups in total. The van der Waals surface area contributed by atoms with Crippen LogP contribution in [-0.2, 0) is 5.41 Å². The fourth-order valence-corrected chi connectivity index (χ4v) is 11.1. The molecule has 264 valence electrons. The van der Waals surface area contributed by atoms with Crippen molar-refractivity contribution in [2.75, 3.05) is 4.90 Å². The van der Waals surface area contributed by atoms with E-state index in [1.807, 2.05) is 0 Å². The summed E-state index contributed by atoms with van der Waals surface area (Å²) in [6.07, 6.45) is 12.3. The van der Waals surface area contributed by atoms with Crippen molar-refractivity contribution in [3.05, 3.63) is 162 Å². The van der Waals surface area contributed by atoms with Crippen molar-refractivity contribution in [3.8, 4) is 33.4 Å². The lowest BCUT2D eigenvalue weighted by Gasteiger charge is -2.33. The molecule has 6 aromatic carbocycles. The van der Waals surface area contributed by atoms with Crippen molar-refractivity contribution in [2.45, 2.75) is 88.9 Å². The lowest BCUT2D eigenvalue weighted by Crippen LogP contribution is -2.19. The van der Waals surface area contributed by atoms with Gasteiger partial charge in [0.2, 0.25) is 0 Å². The summed E-state index contributed by atoms with van der Waals surface area (Å²) in [6, 6.07) is 53.5. The van der Waals surface area contributed by atoms with Gasteiger partial charge in [-0.25, -0.2) is 0 Å². The lowest BCUT2D eigenvalue weighted by molar-refractivity contribution is 0.420. The molecule has 3 unspecified atom stereocenters. The largest absolute Gasteiger partial charge is 0.310 e. The number of fused-ring (bicyclic) bond motifs is 5. The first-order valence-electron chi connectivity index (χ1n) is 20.5. The number of nitrogens with zero attached hydrogens (tertiary/aromatic N) is 1. The molecule has 0 heterocycles. The van der Waals surface area contributed by atoms with E-state index in [0.717, 1.165) is 17.8 Å². The van der Waals surface area contributed by atoms with Gasteiger partial charge in [0.05, 0.1) is 5.69 Å². The van der Waals surface area contributed by atoms with Crippen molar-refractivity contribution in [1.82, 2.24) is 0 Å². The number of hydrogen-bond acceptors (Lipinski definition) is 1. The second-order valence-corrected chi connectivity index (χ2v) is 17.1. The van der Waals surface area contributed by atoms with Crippen LogP contribution in [0.1, 0.15) is 106 Å². The molecule has 0 spiro atoms. The summed E-state index contributed by atoms with van der Waals surface area (Å²) < 4.78 is 0. The molecule has 0 aromatic heterocycles. The van der Waals surface area contributed by atoms with Crippen molar-refractivity contribution in [1.29, 1.82) is 0 Å². The molecule has 2 bridgehead atoms. The Morgan fingerprint density at radius 3 is 2.02 bits per heavy atom. The van der Waals surface area contributed by atoms with Crippen LogP contribution in [0.2, 0.25) is 0 Å². The Kier molecular flexibility index (Phi) is 8.16. The molecule has 53 heavy (non-hydrogen) atoms. The summed E-state index contributed by atoms with van der Waals surface area (Å²) in [5.41, 5.74) is 17.3. The van der Waals surface area contributed by atoms with Gasteiger partial charge in [-0.2, -0.15) is 0 Å². The minimum Gasteiger partial charge on any atom is -0.310 e. The highest BCUT2D eigenvalue weighted by Crippen LogP contribution is 2.57. The quantitative estimate of drug-likeness (QED) is 0.161. The zero-order valence-corrected chi connectivity index (χ0v) is 31.4. The Morgan fingerprint density at radius 2 is 1.26 bits per heavy atom. The van der Waals surface area contributed by atoms with E-state index >= 15 is 0 Å². The molecular formula is C52H51N. The number of rotatable bonds is 7. The first-order chi connectivity index (χ1) is 26.0. The first-order valence-corrected chi connectivity index (χ1v) is 20.5. The molecule has 10 rings (SSSR count). The average molecular weight is 690 g/mol. The molecule has 4 aliphatic rings. The third-order valence-electron chi connectivity index (χ3n) is 13.7. The Balaban J connectivity index is 1.17. The van der Waals surface area contributed by atoms with E-state index in [0.29, 0.717) is 5.92 Å². The Labute approximate surface area is 316 Å². The molecule has 4 aliphatic carbocycles.